The maximum atomic E-state index is 13.9. The van der Waals surface area contributed by atoms with Gasteiger partial charge in [0, 0.05) is 61.4 Å². The molecule has 7 heterocycles. The first-order valence-corrected chi connectivity index (χ1v) is 25.5. The zero-order valence-electron chi connectivity index (χ0n) is 37.2. The van der Waals surface area contributed by atoms with Crippen molar-refractivity contribution in [3.8, 4) is 16.2 Å². The average Bonchev–Trinajstić information content (AvgIpc) is 4.00. The molecule has 0 radical (unpaired) electrons. The van der Waals surface area contributed by atoms with E-state index in [0.29, 0.717) is 71.0 Å². The smallest absolute Gasteiger partial charge is 0.341 e. The number of anilines is 3. The molecular formula is C49H47ClN6O11S2. The van der Waals surface area contributed by atoms with Crippen LogP contribution in [0.3, 0.4) is 0 Å². The molecule has 17 nitrogen and oxygen atoms in total. The second-order valence-corrected chi connectivity index (χ2v) is 21.2. The van der Waals surface area contributed by atoms with Gasteiger partial charge < -0.3 is 29.6 Å². The summed E-state index contributed by atoms with van der Waals surface area (Å²) in [6.45, 7) is 0.733. The summed E-state index contributed by atoms with van der Waals surface area (Å²) in [4.78, 5) is 70.3. The molecule has 4 saturated heterocycles. The van der Waals surface area contributed by atoms with Crippen LogP contribution in [0.15, 0.2) is 77.2 Å². The first-order valence-electron chi connectivity index (χ1n) is 22.7. The van der Waals surface area contributed by atoms with E-state index in [4.69, 9.17) is 36.0 Å². The lowest BCUT2D eigenvalue weighted by molar-refractivity contribution is -0.139. The summed E-state index contributed by atoms with van der Waals surface area (Å²) >= 11 is 7.68. The summed E-state index contributed by atoms with van der Waals surface area (Å²) in [5.41, 5.74) is 5.74. The van der Waals surface area contributed by atoms with Gasteiger partial charge in [0.25, 0.3) is 11.9 Å². The number of imide groups is 1. The number of fused-ring (bicyclic) bond motifs is 3. The number of sulfonamides is 1. The van der Waals surface area contributed by atoms with Crippen LogP contribution < -0.4 is 25.2 Å². The number of oxazole rings is 1. The van der Waals surface area contributed by atoms with Crippen molar-refractivity contribution in [1.82, 2.24) is 14.6 Å². The fourth-order valence-electron chi connectivity index (χ4n) is 10.8. The first-order chi connectivity index (χ1) is 33.3. The van der Waals surface area contributed by atoms with Crippen molar-refractivity contribution in [3.05, 3.63) is 99.4 Å². The van der Waals surface area contributed by atoms with E-state index < -0.39 is 34.5 Å². The van der Waals surface area contributed by atoms with Crippen molar-refractivity contribution in [2.45, 2.75) is 80.8 Å². The molecule has 0 spiro atoms. The highest BCUT2D eigenvalue weighted by molar-refractivity contribution is 7.88. The number of hydrogen-bond acceptors (Lipinski definition) is 14. The van der Waals surface area contributed by atoms with E-state index >= 15 is 0 Å². The number of aliphatic carboxylic acids is 1. The highest BCUT2D eigenvalue weighted by atomic mass is 35.5. The van der Waals surface area contributed by atoms with Gasteiger partial charge in [-0.25, -0.2) is 13.2 Å². The third kappa shape index (κ3) is 8.49. The van der Waals surface area contributed by atoms with E-state index in [1.807, 2.05) is 42.5 Å². The van der Waals surface area contributed by atoms with Gasteiger partial charge in [-0.1, -0.05) is 48.0 Å². The number of ether oxygens (including phenoxy) is 1. The minimum Gasteiger partial charge on any atom is -0.479 e. The largest absolute Gasteiger partial charge is 0.479 e. The summed E-state index contributed by atoms with van der Waals surface area (Å²) < 4.78 is 41.1. The van der Waals surface area contributed by atoms with Crippen molar-refractivity contribution in [2.75, 3.05) is 41.9 Å². The van der Waals surface area contributed by atoms with Gasteiger partial charge in [-0.05, 0) is 103 Å². The van der Waals surface area contributed by atoms with Gasteiger partial charge >= 0.3 is 5.97 Å². The van der Waals surface area contributed by atoms with E-state index in [2.05, 4.69) is 21.6 Å². The molecule has 5 aliphatic heterocycles. The predicted molar refractivity (Wildman–Crippen MR) is 260 cm³/mol. The quantitative estimate of drug-likeness (QED) is 0.0679. The molecule has 6 aromatic rings. The summed E-state index contributed by atoms with van der Waals surface area (Å²) in [6, 6.07) is 22.1. The lowest BCUT2D eigenvalue weighted by atomic mass is 9.79. The number of carboxylic acids is 1. The molecule has 4 N–H and O–H groups in total. The number of halogens is 1. The minimum absolute atomic E-state index is 0.0332. The summed E-state index contributed by atoms with van der Waals surface area (Å²) in [7, 11) is -2.65. The summed E-state index contributed by atoms with van der Waals surface area (Å²) in [6.07, 6.45) is 4.75. The van der Waals surface area contributed by atoms with Crippen molar-refractivity contribution < 1.29 is 51.8 Å². The molecule has 2 bridgehead atoms. The molecule has 2 aromatic heterocycles. The van der Waals surface area contributed by atoms with E-state index in [1.165, 1.54) is 0 Å². The third-order valence-electron chi connectivity index (χ3n) is 13.8. The SMILES string of the molecule is CO.O=Cc1sc(-c2cccc(NC3CC4CC(C3)N4S(=O)(=O)Cc3ccc4oc(N5CCC(c6ccc7c8c(cccc68)C(=O)N7C6CCC(=O)NC6=O)CC5)nc4c3)c2)c(Cl)c1OCC(=O)O. The molecule has 20 heteroatoms. The van der Waals surface area contributed by atoms with Gasteiger partial charge in [0.05, 0.1) is 16.3 Å². The molecule has 358 valence electrons. The molecule has 3 amide bonds. The Morgan fingerprint density at radius 3 is 2.51 bits per heavy atom. The van der Waals surface area contributed by atoms with Crippen LogP contribution in [0, 0.1) is 0 Å². The average molecular weight is 996 g/mol. The van der Waals surface area contributed by atoms with Gasteiger partial charge in [0.15, 0.2) is 24.2 Å². The second-order valence-electron chi connectivity index (χ2n) is 17.9. The molecule has 5 fully saturated rings. The Hall–Kier alpha value is -6.38. The number of carbonyl (C=O) groups excluding carboxylic acids is 4. The fourth-order valence-corrected chi connectivity index (χ4v) is 14.2. The van der Waals surface area contributed by atoms with Gasteiger partial charge in [0.2, 0.25) is 21.8 Å². The molecule has 6 aliphatic rings. The number of hydrogen-bond donors (Lipinski definition) is 4. The lowest BCUT2D eigenvalue weighted by Crippen LogP contribution is -2.64. The Morgan fingerprint density at radius 1 is 1.00 bits per heavy atom. The Kier molecular flexibility index (Phi) is 12.4. The van der Waals surface area contributed by atoms with Crippen LogP contribution in [0.2, 0.25) is 5.02 Å². The molecule has 3 unspecified atom stereocenters. The fraction of sp³-hybridized carbons (Fsp3) is 0.347. The zero-order valence-corrected chi connectivity index (χ0v) is 39.6. The predicted octanol–water partition coefficient (Wildman–Crippen LogP) is 6.94. The number of piperidine rings is 3. The Labute approximate surface area is 405 Å². The number of aldehydes is 1. The number of rotatable bonds is 13. The maximum Gasteiger partial charge on any atom is 0.341 e. The Bertz CT molecular complexity index is 3170. The minimum atomic E-state index is -3.65. The number of aliphatic hydroxyl groups is 1. The van der Waals surface area contributed by atoms with Gasteiger partial charge in [-0.2, -0.15) is 9.29 Å². The third-order valence-corrected chi connectivity index (χ3v) is 17.3. The molecule has 12 rings (SSSR count). The van der Waals surface area contributed by atoms with Crippen molar-refractivity contribution >= 4 is 102 Å². The lowest BCUT2D eigenvalue weighted by Gasteiger charge is -2.54. The number of benzene rings is 4. The van der Waals surface area contributed by atoms with E-state index in [-0.39, 0.29) is 70.1 Å². The highest BCUT2D eigenvalue weighted by Crippen LogP contribution is 2.47. The molecule has 1 aliphatic carbocycles. The normalized spacial score (nSPS) is 21.5. The number of nitrogens with zero attached hydrogens (tertiary/aromatic N) is 4. The van der Waals surface area contributed by atoms with Crippen molar-refractivity contribution in [3.63, 3.8) is 0 Å². The maximum absolute atomic E-state index is 13.9. The van der Waals surface area contributed by atoms with Crippen LogP contribution in [-0.2, 0) is 30.2 Å². The van der Waals surface area contributed by atoms with Crippen LogP contribution >= 0.6 is 22.9 Å². The Balaban J connectivity index is 0.00000273. The monoisotopic (exact) mass is 994 g/mol. The summed E-state index contributed by atoms with van der Waals surface area (Å²) in [5, 5.41) is 24.0. The standard InChI is InChI=1S/C48H43ClN6O10S2.CH4O/c49-43-44(64-23-41(58)59)39(22-56)66-45(43)27-3-1-4-28(18-27)50-29-19-30-21-31(20-29)55(30)67(62,63)24-25-7-11-38-35(17-25)51-48(65-38)53-15-13-26(14-16-53)32-8-9-36-42-33(32)5-2-6-34(42)47(61)54(36)37-10-12-40(57)52-46(37)60;1-2/h1-9,11,17-18,22,26,29-31,37,50H,10,12-16,19-21,23-24H2,(H,58,59)(H,52,57,60);2H,1H3. The number of carbonyl (C=O) groups is 5. The molecular weight excluding hydrogens is 948 g/mol. The first kappa shape index (κ1) is 46.4. The summed E-state index contributed by atoms with van der Waals surface area (Å²) in [5.74, 6) is -2.10. The molecule has 1 saturated carbocycles. The van der Waals surface area contributed by atoms with E-state index in [0.717, 1.165) is 65.3 Å². The number of nitrogens with one attached hydrogen (secondary N) is 2. The molecule has 4 aromatic carbocycles. The van der Waals surface area contributed by atoms with Crippen molar-refractivity contribution in [1.29, 1.82) is 0 Å². The highest BCUT2D eigenvalue weighted by Gasteiger charge is 2.51. The zero-order chi connectivity index (χ0) is 48.3. The van der Waals surface area contributed by atoms with E-state index in [1.54, 1.807) is 33.5 Å². The van der Waals surface area contributed by atoms with Gasteiger partial charge in [0.1, 0.15) is 21.5 Å². The van der Waals surface area contributed by atoms with Crippen LogP contribution in [-0.4, -0.2) is 109 Å². The molecule has 3 atom stereocenters. The van der Waals surface area contributed by atoms with Crippen LogP contribution in [0.4, 0.5) is 17.4 Å². The van der Waals surface area contributed by atoms with E-state index in [9.17, 15) is 32.4 Å². The van der Waals surface area contributed by atoms with Gasteiger partial charge in [-0.15, -0.1) is 11.3 Å². The number of amides is 3. The molecule has 69 heavy (non-hydrogen) atoms. The number of thiophene rings is 1. The topological polar surface area (TPSA) is 229 Å². The van der Waals surface area contributed by atoms with Crippen LogP contribution in [0.1, 0.15) is 82.0 Å². The van der Waals surface area contributed by atoms with Crippen molar-refractivity contribution in [2.24, 2.45) is 0 Å². The number of carboxylic acid groups (broad SMARTS) is 1. The van der Waals surface area contributed by atoms with Crippen LogP contribution in [0.5, 0.6) is 5.75 Å². The Morgan fingerprint density at radius 2 is 1.77 bits per heavy atom. The van der Waals surface area contributed by atoms with Crippen LogP contribution in [0.25, 0.3) is 32.3 Å². The van der Waals surface area contributed by atoms with Gasteiger partial charge in [-0.3, -0.25) is 29.4 Å². The second kappa shape index (κ2) is 18.5. The number of aliphatic hydroxyl groups excluding tert-OH is 1. The number of aromatic nitrogens is 1.